The molecule has 0 spiro atoms. The van der Waals surface area contributed by atoms with E-state index in [1.807, 2.05) is 0 Å². The number of benzene rings is 1. The summed E-state index contributed by atoms with van der Waals surface area (Å²) in [6.07, 6.45) is 3.85. The number of para-hydroxylation sites is 1. The van der Waals surface area contributed by atoms with E-state index in [2.05, 4.69) is 15.4 Å². The standard InChI is InChI=1S/C9H9ClO4.C6H5N3O/c1-9(10)3-2-5(7(11)12)4-6(9)8(13)14;10-5-3-1-2-4-6(5)8-9-7-4/h2-4,6H,1H3,(H,11,12)(H,13,14);1-3,10H,(H,7,8,9). The van der Waals surface area contributed by atoms with Crippen molar-refractivity contribution in [1.82, 2.24) is 15.4 Å². The largest absolute Gasteiger partial charge is 0.506 e. The summed E-state index contributed by atoms with van der Waals surface area (Å²) in [5.41, 5.74) is 1.15. The van der Waals surface area contributed by atoms with Gasteiger partial charge in [0.05, 0.1) is 16.4 Å². The predicted octanol–water partition coefficient (Wildman–Crippen LogP) is 1.93. The van der Waals surface area contributed by atoms with Crippen molar-refractivity contribution in [2.45, 2.75) is 11.8 Å². The van der Waals surface area contributed by atoms with Gasteiger partial charge >= 0.3 is 11.9 Å². The van der Waals surface area contributed by atoms with Crippen LogP contribution in [0.25, 0.3) is 11.0 Å². The molecule has 24 heavy (non-hydrogen) atoms. The number of carboxylic acid groups (broad SMARTS) is 2. The van der Waals surface area contributed by atoms with Crippen LogP contribution in [0.2, 0.25) is 0 Å². The number of allylic oxidation sites excluding steroid dienone is 1. The van der Waals surface area contributed by atoms with Crippen molar-refractivity contribution in [1.29, 1.82) is 0 Å². The lowest BCUT2D eigenvalue weighted by molar-refractivity contribution is -0.140. The zero-order valence-corrected chi connectivity index (χ0v) is 13.2. The topological polar surface area (TPSA) is 136 Å². The highest BCUT2D eigenvalue weighted by Crippen LogP contribution is 2.33. The Balaban J connectivity index is 0.000000182. The van der Waals surface area contributed by atoms with E-state index in [4.69, 9.17) is 26.9 Å². The van der Waals surface area contributed by atoms with Gasteiger partial charge in [-0.1, -0.05) is 24.3 Å². The van der Waals surface area contributed by atoms with Gasteiger partial charge in [-0.25, -0.2) is 4.79 Å². The zero-order valence-electron chi connectivity index (χ0n) is 12.5. The van der Waals surface area contributed by atoms with Crippen LogP contribution in [-0.4, -0.2) is 47.5 Å². The molecule has 1 aromatic carbocycles. The molecule has 9 heteroatoms. The molecule has 1 aliphatic carbocycles. The van der Waals surface area contributed by atoms with Gasteiger partial charge < -0.3 is 15.3 Å². The minimum absolute atomic E-state index is 0.0458. The van der Waals surface area contributed by atoms with Gasteiger partial charge in [0, 0.05) is 0 Å². The molecule has 0 fully saturated rings. The second-order valence-corrected chi connectivity index (χ2v) is 6.01. The van der Waals surface area contributed by atoms with E-state index < -0.39 is 22.7 Å². The Labute approximate surface area is 141 Å². The van der Waals surface area contributed by atoms with E-state index in [1.54, 1.807) is 18.2 Å². The summed E-state index contributed by atoms with van der Waals surface area (Å²) >= 11 is 5.90. The van der Waals surface area contributed by atoms with E-state index in [0.29, 0.717) is 11.0 Å². The van der Waals surface area contributed by atoms with Gasteiger partial charge in [-0.3, -0.25) is 4.79 Å². The highest BCUT2D eigenvalue weighted by atomic mass is 35.5. The van der Waals surface area contributed by atoms with Crippen LogP contribution in [0.3, 0.4) is 0 Å². The zero-order chi connectivity index (χ0) is 17.9. The Morgan fingerprint density at radius 3 is 2.58 bits per heavy atom. The summed E-state index contributed by atoms with van der Waals surface area (Å²) in [5.74, 6) is -3.14. The highest BCUT2D eigenvalue weighted by Gasteiger charge is 2.37. The van der Waals surface area contributed by atoms with Crippen molar-refractivity contribution in [3.05, 3.63) is 42.0 Å². The maximum atomic E-state index is 10.8. The SMILES string of the molecule is CC1(Cl)C=CC(C(=O)O)=CC1C(=O)O.Oc1cccc2n[nH]nc12. The normalized spacial score (nSPS) is 22.4. The molecule has 4 N–H and O–H groups in total. The molecule has 0 saturated heterocycles. The number of carboxylic acids is 2. The minimum Gasteiger partial charge on any atom is -0.506 e. The number of halogens is 1. The molecule has 2 unspecified atom stereocenters. The quantitative estimate of drug-likeness (QED) is 0.607. The van der Waals surface area contributed by atoms with Gasteiger partial charge in [0.2, 0.25) is 0 Å². The van der Waals surface area contributed by atoms with E-state index >= 15 is 0 Å². The first-order valence-electron chi connectivity index (χ1n) is 6.77. The Kier molecular flexibility index (Phi) is 4.89. The summed E-state index contributed by atoms with van der Waals surface area (Å²) in [5, 5.41) is 36.5. The average Bonchev–Trinajstić information content (AvgIpc) is 2.97. The fraction of sp³-hybridized carbons (Fsp3) is 0.200. The summed E-state index contributed by atoms with van der Waals surface area (Å²) in [4.78, 5) is 20.3. The molecule has 1 heterocycles. The minimum atomic E-state index is -1.15. The molecule has 3 rings (SSSR count). The van der Waals surface area contributed by atoms with Crippen molar-refractivity contribution in [3.8, 4) is 5.75 Å². The maximum Gasteiger partial charge on any atom is 0.335 e. The molecule has 0 bridgehead atoms. The third kappa shape index (κ3) is 3.72. The van der Waals surface area contributed by atoms with Gasteiger partial charge in [0.1, 0.15) is 11.3 Å². The van der Waals surface area contributed by atoms with E-state index in [0.717, 1.165) is 6.08 Å². The van der Waals surface area contributed by atoms with Crippen LogP contribution < -0.4 is 0 Å². The van der Waals surface area contributed by atoms with Crippen LogP contribution in [0.4, 0.5) is 0 Å². The lowest BCUT2D eigenvalue weighted by atomic mass is 9.86. The molecular weight excluding hydrogens is 338 g/mol. The number of carbonyl (C=O) groups is 2. The number of rotatable bonds is 2. The number of alkyl halides is 1. The third-order valence-corrected chi connectivity index (χ3v) is 3.74. The fourth-order valence-electron chi connectivity index (χ4n) is 2.06. The number of aliphatic carboxylic acids is 2. The summed E-state index contributed by atoms with van der Waals surface area (Å²) in [7, 11) is 0. The maximum absolute atomic E-state index is 10.8. The average molecular weight is 352 g/mol. The van der Waals surface area contributed by atoms with Gasteiger partial charge in [0.15, 0.2) is 5.52 Å². The number of phenolic OH excluding ortho intramolecular Hbond substituents is 1. The number of hydrogen-bond donors (Lipinski definition) is 4. The summed E-state index contributed by atoms with van der Waals surface area (Å²) in [6.45, 7) is 1.53. The second kappa shape index (κ2) is 6.71. The molecule has 2 aromatic rings. The van der Waals surface area contributed by atoms with Crippen LogP contribution >= 0.6 is 11.6 Å². The molecule has 2 atom stereocenters. The van der Waals surface area contributed by atoms with Gasteiger partial charge in [0.25, 0.3) is 0 Å². The highest BCUT2D eigenvalue weighted by molar-refractivity contribution is 6.27. The lowest BCUT2D eigenvalue weighted by Gasteiger charge is -2.26. The summed E-state index contributed by atoms with van der Waals surface area (Å²) < 4.78 is 0. The first kappa shape index (κ1) is 17.5. The monoisotopic (exact) mass is 351 g/mol. The van der Waals surface area contributed by atoms with Crippen LogP contribution in [0.15, 0.2) is 42.0 Å². The molecule has 0 radical (unpaired) electrons. The van der Waals surface area contributed by atoms with Crippen molar-refractivity contribution >= 4 is 34.6 Å². The predicted molar refractivity (Wildman–Crippen MR) is 85.8 cm³/mol. The number of phenols is 1. The number of nitrogens with zero attached hydrogens (tertiary/aromatic N) is 2. The van der Waals surface area contributed by atoms with Crippen molar-refractivity contribution in [3.63, 3.8) is 0 Å². The molecular formula is C15H14ClN3O5. The van der Waals surface area contributed by atoms with Gasteiger partial charge in [-0.15, -0.1) is 11.6 Å². The Bertz CT molecular complexity index is 841. The van der Waals surface area contributed by atoms with Gasteiger partial charge in [-0.2, -0.15) is 15.4 Å². The van der Waals surface area contributed by atoms with Gasteiger partial charge in [-0.05, 0) is 19.1 Å². The number of aromatic amines is 1. The van der Waals surface area contributed by atoms with E-state index in [1.165, 1.54) is 19.1 Å². The number of nitrogens with one attached hydrogen (secondary N) is 1. The molecule has 0 amide bonds. The number of hydrogen-bond acceptors (Lipinski definition) is 5. The molecule has 1 aliphatic rings. The fourth-order valence-corrected chi connectivity index (χ4v) is 2.28. The number of H-pyrrole nitrogens is 1. The summed E-state index contributed by atoms with van der Waals surface area (Å²) in [6, 6.07) is 5.07. The van der Waals surface area contributed by atoms with Crippen LogP contribution in [0, 0.1) is 5.92 Å². The molecule has 1 aromatic heterocycles. The molecule has 0 saturated carbocycles. The van der Waals surface area contributed by atoms with E-state index in [-0.39, 0.29) is 11.3 Å². The van der Waals surface area contributed by atoms with E-state index in [9.17, 15) is 9.59 Å². The lowest BCUT2D eigenvalue weighted by Crippen LogP contribution is -2.34. The molecule has 126 valence electrons. The first-order chi connectivity index (χ1) is 11.2. The van der Waals surface area contributed by atoms with Crippen molar-refractivity contribution < 1.29 is 24.9 Å². The first-order valence-corrected chi connectivity index (χ1v) is 7.14. The third-order valence-electron chi connectivity index (χ3n) is 3.38. The van der Waals surface area contributed by atoms with Crippen LogP contribution in [0.5, 0.6) is 5.75 Å². The second-order valence-electron chi connectivity index (χ2n) is 5.20. The molecule has 0 aliphatic heterocycles. The Morgan fingerprint density at radius 1 is 1.29 bits per heavy atom. The van der Waals surface area contributed by atoms with Crippen molar-refractivity contribution in [2.24, 2.45) is 5.92 Å². The number of aromatic nitrogens is 3. The Hall–Kier alpha value is -2.87. The Morgan fingerprint density at radius 2 is 2.00 bits per heavy atom. The number of fused-ring (bicyclic) bond motifs is 1. The smallest absolute Gasteiger partial charge is 0.335 e. The van der Waals surface area contributed by atoms with Crippen LogP contribution in [-0.2, 0) is 9.59 Å². The van der Waals surface area contributed by atoms with Crippen molar-refractivity contribution in [2.75, 3.05) is 0 Å². The number of aromatic hydroxyl groups is 1. The molecule has 8 nitrogen and oxygen atoms in total. The van der Waals surface area contributed by atoms with Crippen LogP contribution in [0.1, 0.15) is 6.92 Å².